The number of amides is 1. The first-order valence-corrected chi connectivity index (χ1v) is 7.97. The van der Waals surface area contributed by atoms with E-state index in [4.69, 9.17) is 23.2 Å². The van der Waals surface area contributed by atoms with E-state index in [1.807, 2.05) is 29.2 Å². The van der Waals surface area contributed by atoms with Gasteiger partial charge in [-0.15, -0.1) is 0 Å². The molecule has 2 aromatic rings. The number of carbonyl (C=O) groups excluding carboxylic acids is 1. The number of nitrogens with one attached hydrogen (secondary N) is 1. The first-order valence-electron chi connectivity index (χ1n) is 7.22. The summed E-state index contributed by atoms with van der Waals surface area (Å²) in [5, 5.41) is 1.31. The number of hydrogen-bond acceptors (Lipinski definition) is 2. The van der Waals surface area contributed by atoms with Crippen molar-refractivity contribution in [3.63, 3.8) is 0 Å². The smallest absolute Gasteiger partial charge is 0.270 e. The molecule has 22 heavy (non-hydrogen) atoms. The van der Waals surface area contributed by atoms with Crippen LogP contribution in [-0.4, -0.2) is 46.9 Å². The minimum atomic E-state index is 0.0121. The quantitative estimate of drug-likeness (QED) is 0.933. The van der Waals surface area contributed by atoms with Gasteiger partial charge in [-0.3, -0.25) is 9.69 Å². The van der Waals surface area contributed by atoms with Crippen molar-refractivity contribution in [3.05, 3.63) is 57.8 Å². The van der Waals surface area contributed by atoms with Gasteiger partial charge in [0, 0.05) is 43.9 Å². The summed E-state index contributed by atoms with van der Waals surface area (Å²) < 4.78 is 0. The Balaban J connectivity index is 1.54. The van der Waals surface area contributed by atoms with Crippen molar-refractivity contribution in [2.24, 2.45) is 0 Å². The Morgan fingerprint density at radius 2 is 1.73 bits per heavy atom. The molecule has 1 N–H and O–H groups in total. The highest BCUT2D eigenvalue weighted by Crippen LogP contribution is 2.15. The van der Waals surface area contributed by atoms with Gasteiger partial charge in [-0.05, 0) is 23.8 Å². The van der Waals surface area contributed by atoms with Crippen molar-refractivity contribution in [2.75, 3.05) is 26.2 Å². The summed E-state index contributed by atoms with van der Waals surface area (Å²) in [4.78, 5) is 19.4. The molecule has 0 radical (unpaired) electrons. The fourth-order valence-corrected chi connectivity index (χ4v) is 2.91. The van der Waals surface area contributed by atoms with Crippen LogP contribution in [0, 0.1) is 0 Å². The Hall–Kier alpha value is -1.49. The molecule has 0 saturated carbocycles. The summed E-state index contributed by atoms with van der Waals surface area (Å²) in [5.74, 6) is 0.0121. The van der Waals surface area contributed by atoms with Crippen LogP contribution in [0.2, 0.25) is 10.0 Å². The van der Waals surface area contributed by atoms with Gasteiger partial charge >= 0.3 is 0 Å². The van der Waals surface area contributed by atoms with Gasteiger partial charge in [-0.25, -0.2) is 0 Å². The highest BCUT2D eigenvalue weighted by molar-refractivity contribution is 6.31. The Morgan fingerprint density at radius 3 is 2.32 bits per heavy atom. The molecule has 0 atom stereocenters. The number of benzene rings is 1. The van der Waals surface area contributed by atoms with Gasteiger partial charge in [-0.1, -0.05) is 35.3 Å². The topological polar surface area (TPSA) is 39.3 Å². The van der Waals surface area contributed by atoms with Crippen LogP contribution in [0.5, 0.6) is 0 Å². The minimum Gasteiger partial charge on any atom is -0.356 e. The van der Waals surface area contributed by atoms with Crippen molar-refractivity contribution in [2.45, 2.75) is 6.54 Å². The van der Waals surface area contributed by atoms with Crippen LogP contribution >= 0.6 is 23.2 Å². The molecule has 1 saturated heterocycles. The van der Waals surface area contributed by atoms with Crippen LogP contribution in [0.25, 0.3) is 0 Å². The van der Waals surface area contributed by atoms with E-state index in [0.717, 1.165) is 37.7 Å². The predicted molar refractivity (Wildman–Crippen MR) is 88.4 cm³/mol. The average molecular weight is 338 g/mol. The molecule has 0 spiro atoms. The second-order valence-corrected chi connectivity index (χ2v) is 6.30. The molecule has 116 valence electrons. The molecule has 3 rings (SSSR count). The van der Waals surface area contributed by atoms with Crippen molar-refractivity contribution in [3.8, 4) is 0 Å². The summed E-state index contributed by atoms with van der Waals surface area (Å²) in [7, 11) is 0. The Morgan fingerprint density at radius 1 is 1.05 bits per heavy atom. The number of nitrogens with zero attached hydrogens (tertiary/aromatic N) is 2. The fraction of sp³-hybridized carbons (Fsp3) is 0.312. The molecular formula is C16H17Cl2N3O. The Kier molecular flexibility index (Phi) is 4.71. The fourth-order valence-electron chi connectivity index (χ4n) is 2.62. The summed E-state index contributed by atoms with van der Waals surface area (Å²) in [6.45, 7) is 4.06. The van der Waals surface area contributed by atoms with E-state index < -0.39 is 0 Å². The zero-order valence-corrected chi connectivity index (χ0v) is 13.6. The lowest BCUT2D eigenvalue weighted by atomic mass is 10.2. The van der Waals surface area contributed by atoms with Crippen LogP contribution in [-0.2, 0) is 6.54 Å². The predicted octanol–water partition coefficient (Wildman–Crippen LogP) is 3.28. The highest BCUT2D eigenvalue weighted by Gasteiger charge is 2.22. The number of rotatable bonds is 3. The molecule has 4 nitrogen and oxygen atoms in total. The molecule has 0 bridgehead atoms. The van der Waals surface area contributed by atoms with Gasteiger partial charge in [0.25, 0.3) is 5.91 Å². The van der Waals surface area contributed by atoms with Gasteiger partial charge in [-0.2, -0.15) is 0 Å². The van der Waals surface area contributed by atoms with Gasteiger partial charge in [0.2, 0.25) is 0 Å². The maximum atomic E-state index is 12.3. The number of hydrogen-bond donors (Lipinski definition) is 1. The molecule has 0 unspecified atom stereocenters. The second kappa shape index (κ2) is 6.73. The van der Waals surface area contributed by atoms with E-state index in [-0.39, 0.29) is 5.91 Å². The summed E-state index contributed by atoms with van der Waals surface area (Å²) >= 11 is 11.7. The summed E-state index contributed by atoms with van der Waals surface area (Å²) in [6, 6.07) is 9.57. The summed E-state index contributed by atoms with van der Waals surface area (Å²) in [5.41, 5.74) is 1.79. The van der Waals surface area contributed by atoms with Gasteiger partial charge < -0.3 is 9.88 Å². The number of piperazine rings is 1. The monoisotopic (exact) mass is 337 g/mol. The van der Waals surface area contributed by atoms with E-state index in [0.29, 0.717) is 10.7 Å². The molecule has 1 aliphatic heterocycles. The minimum absolute atomic E-state index is 0.0121. The van der Waals surface area contributed by atoms with Crippen molar-refractivity contribution >= 4 is 29.1 Å². The Bertz CT molecular complexity index is 646. The number of aromatic amines is 1. The molecule has 6 heteroatoms. The standard InChI is InChI=1S/C16H17Cl2N3O/c17-13-3-1-12(2-4-13)11-20-5-7-21(8-6-20)16(22)15-9-14(18)10-19-15/h1-4,9-10,19H,5-8,11H2. The van der Waals surface area contributed by atoms with Crippen LogP contribution in [0.4, 0.5) is 0 Å². The third kappa shape index (κ3) is 3.64. The largest absolute Gasteiger partial charge is 0.356 e. The normalized spacial score (nSPS) is 16.0. The van der Waals surface area contributed by atoms with Crippen LogP contribution < -0.4 is 0 Å². The lowest BCUT2D eigenvalue weighted by Crippen LogP contribution is -2.48. The maximum absolute atomic E-state index is 12.3. The van der Waals surface area contributed by atoms with E-state index >= 15 is 0 Å². The second-order valence-electron chi connectivity index (χ2n) is 5.43. The molecule has 1 aliphatic rings. The van der Waals surface area contributed by atoms with Crippen LogP contribution in [0.15, 0.2) is 36.5 Å². The third-order valence-electron chi connectivity index (χ3n) is 3.86. The van der Waals surface area contributed by atoms with Gasteiger partial charge in [0.15, 0.2) is 0 Å². The zero-order valence-electron chi connectivity index (χ0n) is 12.1. The molecule has 0 aliphatic carbocycles. The zero-order chi connectivity index (χ0) is 15.5. The van der Waals surface area contributed by atoms with E-state index in [2.05, 4.69) is 9.88 Å². The number of H-pyrrole nitrogens is 1. The van der Waals surface area contributed by atoms with E-state index in [9.17, 15) is 4.79 Å². The maximum Gasteiger partial charge on any atom is 0.270 e. The third-order valence-corrected chi connectivity index (χ3v) is 4.33. The van der Waals surface area contributed by atoms with Crippen molar-refractivity contribution < 1.29 is 4.79 Å². The molecular weight excluding hydrogens is 321 g/mol. The Labute approximate surface area is 139 Å². The van der Waals surface area contributed by atoms with Gasteiger partial charge in [0.1, 0.15) is 5.69 Å². The first kappa shape index (κ1) is 15.4. The molecule has 1 aromatic heterocycles. The van der Waals surface area contributed by atoms with Crippen molar-refractivity contribution in [1.29, 1.82) is 0 Å². The van der Waals surface area contributed by atoms with Crippen molar-refractivity contribution in [1.82, 2.24) is 14.8 Å². The highest BCUT2D eigenvalue weighted by atomic mass is 35.5. The first-order chi connectivity index (χ1) is 10.6. The van der Waals surface area contributed by atoms with Crippen LogP contribution in [0.3, 0.4) is 0 Å². The lowest BCUT2D eigenvalue weighted by molar-refractivity contribution is 0.0623. The van der Waals surface area contributed by atoms with Crippen LogP contribution in [0.1, 0.15) is 16.1 Å². The molecule has 2 heterocycles. The molecule has 1 amide bonds. The van der Waals surface area contributed by atoms with E-state index in [1.165, 1.54) is 5.56 Å². The number of aromatic nitrogens is 1. The number of carbonyl (C=O) groups is 1. The molecule has 1 aromatic carbocycles. The number of halogens is 2. The molecule has 1 fully saturated rings. The lowest BCUT2D eigenvalue weighted by Gasteiger charge is -2.34. The summed E-state index contributed by atoms with van der Waals surface area (Å²) in [6.07, 6.45) is 1.63. The average Bonchev–Trinajstić information content (AvgIpc) is 2.96. The van der Waals surface area contributed by atoms with E-state index in [1.54, 1.807) is 12.3 Å². The SMILES string of the molecule is O=C(c1cc(Cl)c[nH]1)N1CCN(Cc2ccc(Cl)cc2)CC1. The van der Waals surface area contributed by atoms with Gasteiger partial charge in [0.05, 0.1) is 5.02 Å².